The predicted octanol–water partition coefficient (Wildman–Crippen LogP) is 0.599. The Morgan fingerprint density at radius 3 is 2.44 bits per heavy atom. The van der Waals surface area contributed by atoms with Crippen molar-refractivity contribution in [3.05, 3.63) is 24.3 Å². The van der Waals surface area contributed by atoms with Crippen LogP contribution in [0.3, 0.4) is 0 Å². The Morgan fingerprint density at radius 2 is 1.92 bits per heavy atom. The van der Waals surface area contributed by atoms with Crippen LogP contribution in [0.1, 0.15) is 38.6 Å². The molecular formula is C16H22N4O5. The van der Waals surface area contributed by atoms with E-state index < -0.39 is 29.8 Å². The summed E-state index contributed by atoms with van der Waals surface area (Å²) in [6.45, 7) is 3.35. The van der Waals surface area contributed by atoms with Crippen molar-refractivity contribution in [3.8, 4) is 0 Å². The molecule has 9 heteroatoms. The third kappa shape index (κ3) is 6.76. The normalized spacial score (nSPS) is 13.0. The van der Waals surface area contributed by atoms with Crippen LogP contribution in [0.4, 0.5) is 0 Å². The zero-order valence-electron chi connectivity index (χ0n) is 14.4. The number of hydrogen-bond acceptors (Lipinski definition) is 8. The summed E-state index contributed by atoms with van der Waals surface area (Å²) < 4.78 is 10.2. The zero-order chi connectivity index (χ0) is 18.8. The van der Waals surface area contributed by atoms with Crippen LogP contribution in [0, 0.1) is 5.41 Å². The van der Waals surface area contributed by atoms with E-state index in [1.165, 1.54) is 19.5 Å². The van der Waals surface area contributed by atoms with E-state index in [2.05, 4.69) is 15.3 Å². The SMILES string of the molecule is CO[C@H](C(=O)N[C@@H](CCC(=O)C=N)C(=O)OC(C)C)c1ncccn1. The van der Waals surface area contributed by atoms with E-state index in [0.29, 0.717) is 6.21 Å². The molecule has 2 atom stereocenters. The summed E-state index contributed by atoms with van der Waals surface area (Å²) in [6, 6.07) is 0.556. The standard InChI is InChI=1S/C16H22N4O5/c1-10(2)25-16(23)12(6-5-11(21)9-17)20-15(22)13(24-3)14-18-7-4-8-19-14/h4,7-10,12-13,17H,5-6H2,1-3H3,(H,20,22)/t12-,13-/m0/s1. The van der Waals surface area contributed by atoms with E-state index >= 15 is 0 Å². The molecule has 1 amide bonds. The molecule has 0 aliphatic heterocycles. The lowest BCUT2D eigenvalue weighted by atomic mass is 10.1. The summed E-state index contributed by atoms with van der Waals surface area (Å²) in [5.41, 5.74) is 0. The van der Waals surface area contributed by atoms with Crippen molar-refractivity contribution in [1.29, 1.82) is 5.41 Å². The highest BCUT2D eigenvalue weighted by Gasteiger charge is 2.29. The summed E-state index contributed by atoms with van der Waals surface area (Å²) in [4.78, 5) is 43.8. The fourth-order valence-electron chi connectivity index (χ4n) is 1.95. The van der Waals surface area contributed by atoms with Gasteiger partial charge in [-0.2, -0.15) is 0 Å². The number of amides is 1. The number of ketones is 1. The van der Waals surface area contributed by atoms with Gasteiger partial charge in [0.2, 0.25) is 0 Å². The quantitative estimate of drug-likeness (QED) is 0.466. The van der Waals surface area contributed by atoms with E-state index in [9.17, 15) is 14.4 Å². The molecular weight excluding hydrogens is 328 g/mol. The Balaban J connectivity index is 2.86. The lowest BCUT2D eigenvalue weighted by molar-refractivity contribution is -0.153. The van der Waals surface area contributed by atoms with Crippen LogP contribution in [-0.2, 0) is 23.9 Å². The Kier molecular flexibility index (Phi) is 8.34. The topological polar surface area (TPSA) is 131 Å². The van der Waals surface area contributed by atoms with Gasteiger partial charge in [0, 0.05) is 25.9 Å². The Labute approximate surface area is 145 Å². The van der Waals surface area contributed by atoms with Crippen LogP contribution in [0.5, 0.6) is 0 Å². The lowest BCUT2D eigenvalue weighted by Crippen LogP contribution is -2.45. The average molecular weight is 350 g/mol. The molecule has 25 heavy (non-hydrogen) atoms. The second-order valence-corrected chi connectivity index (χ2v) is 5.42. The van der Waals surface area contributed by atoms with Crippen molar-refractivity contribution >= 4 is 23.9 Å². The monoisotopic (exact) mass is 350 g/mol. The van der Waals surface area contributed by atoms with Crippen molar-refractivity contribution in [3.63, 3.8) is 0 Å². The van der Waals surface area contributed by atoms with E-state index in [-0.39, 0.29) is 24.8 Å². The Hall–Kier alpha value is -2.68. The molecule has 1 aromatic heterocycles. The highest BCUT2D eigenvalue weighted by molar-refractivity contribution is 6.26. The fourth-order valence-corrected chi connectivity index (χ4v) is 1.95. The van der Waals surface area contributed by atoms with Gasteiger partial charge in [0.15, 0.2) is 17.7 Å². The summed E-state index contributed by atoms with van der Waals surface area (Å²) in [5.74, 6) is -1.59. The highest BCUT2D eigenvalue weighted by atomic mass is 16.5. The minimum Gasteiger partial charge on any atom is -0.461 e. The maximum absolute atomic E-state index is 12.4. The maximum atomic E-state index is 12.4. The smallest absolute Gasteiger partial charge is 0.328 e. The number of esters is 1. The minimum absolute atomic E-state index is 0.0115. The van der Waals surface area contributed by atoms with Gasteiger partial charge in [0.25, 0.3) is 5.91 Å². The molecule has 136 valence electrons. The van der Waals surface area contributed by atoms with Gasteiger partial charge in [-0.05, 0) is 26.3 Å². The second-order valence-electron chi connectivity index (χ2n) is 5.42. The lowest BCUT2D eigenvalue weighted by Gasteiger charge is -2.21. The molecule has 0 aliphatic carbocycles. The predicted molar refractivity (Wildman–Crippen MR) is 88.0 cm³/mol. The van der Waals surface area contributed by atoms with Gasteiger partial charge >= 0.3 is 5.97 Å². The first-order valence-corrected chi connectivity index (χ1v) is 7.72. The number of rotatable bonds is 10. The molecule has 0 unspecified atom stereocenters. The van der Waals surface area contributed by atoms with E-state index in [1.807, 2.05) is 0 Å². The summed E-state index contributed by atoms with van der Waals surface area (Å²) in [7, 11) is 1.32. The van der Waals surface area contributed by atoms with Crippen LogP contribution >= 0.6 is 0 Å². The van der Waals surface area contributed by atoms with Crippen molar-refractivity contribution in [1.82, 2.24) is 15.3 Å². The average Bonchev–Trinajstić information content (AvgIpc) is 2.59. The summed E-state index contributed by atoms with van der Waals surface area (Å²) >= 11 is 0. The molecule has 1 heterocycles. The van der Waals surface area contributed by atoms with Crippen molar-refractivity contribution in [2.75, 3.05) is 7.11 Å². The molecule has 0 spiro atoms. The molecule has 0 saturated heterocycles. The molecule has 1 aromatic rings. The number of carbonyl (C=O) groups excluding carboxylic acids is 3. The first-order chi connectivity index (χ1) is 11.9. The maximum Gasteiger partial charge on any atom is 0.328 e. The van der Waals surface area contributed by atoms with Gasteiger partial charge in [-0.25, -0.2) is 14.8 Å². The molecule has 0 saturated carbocycles. The van der Waals surface area contributed by atoms with E-state index in [1.54, 1.807) is 19.9 Å². The molecule has 2 N–H and O–H groups in total. The van der Waals surface area contributed by atoms with E-state index in [0.717, 1.165) is 0 Å². The minimum atomic E-state index is -1.10. The molecule has 0 aromatic carbocycles. The number of nitrogens with one attached hydrogen (secondary N) is 2. The molecule has 0 bridgehead atoms. The number of methoxy groups -OCH3 is 1. The number of aromatic nitrogens is 2. The van der Waals surface area contributed by atoms with Gasteiger partial charge in [-0.15, -0.1) is 0 Å². The van der Waals surface area contributed by atoms with Gasteiger partial charge in [-0.3, -0.25) is 9.59 Å². The second kappa shape index (κ2) is 10.2. The summed E-state index contributed by atoms with van der Waals surface area (Å²) in [6.07, 6.45) is 2.07. The van der Waals surface area contributed by atoms with Gasteiger partial charge < -0.3 is 20.2 Å². The van der Waals surface area contributed by atoms with Crippen LogP contribution in [0.2, 0.25) is 0 Å². The van der Waals surface area contributed by atoms with Crippen LogP contribution in [-0.4, -0.2) is 53.1 Å². The molecule has 1 rings (SSSR count). The number of hydrogen-bond donors (Lipinski definition) is 2. The van der Waals surface area contributed by atoms with Crippen molar-refractivity contribution in [2.45, 2.75) is 44.9 Å². The largest absolute Gasteiger partial charge is 0.461 e. The third-order valence-electron chi connectivity index (χ3n) is 3.09. The third-order valence-corrected chi connectivity index (χ3v) is 3.09. The number of carbonyl (C=O) groups is 3. The van der Waals surface area contributed by atoms with Gasteiger partial charge in [0.05, 0.1) is 12.3 Å². The molecule has 0 aliphatic rings. The van der Waals surface area contributed by atoms with Crippen LogP contribution in [0.25, 0.3) is 0 Å². The zero-order valence-corrected chi connectivity index (χ0v) is 14.4. The fraction of sp³-hybridized carbons (Fsp3) is 0.500. The van der Waals surface area contributed by atoms with Crippen molar-refractivity contribution < 1.29 is 23.9 Å². The number of ether oxygens (including phenoxy) is 2. The first kappa shape index (κ1) is 20.4. The number of nitrogens with zero attached hydrogens (tertiary/aromatic N) is 2. The van der Waals surface area contributed by atoms with Crippen LogP contribution in [0.15, 0.2) is 18.5 Å². The highest BCUT2D eigenvalue weighted by Crippen LogP contribution is 2.13. The summed E-state index contributed by atoms with van der Waals surface area (Å²) in [5, 5.41) is 9.42. The van der Waals surface area contributed by atoms with Gasteiger partial charge in [-0.1, -0.05) is 0 Å². The first-order valence-electron chi connectivity index (χ1n) is 7.72. The van der Waals surface area contributed by atoms with E-state index in [4.69, 9.17) is 14.9 Å². The Morgan fingerprint density at radius 1 is 1.28 bits per heavy atom. The van der Waals surface area contributed by atoms with Crippen molar-refractivity contribution in [2.24, 2.45) is 0 Å². The molecule has 9 nitrogen and oxygen atoms in total. The Bertz CT molecular complexity index is 606. The molecule has 0 fully saturated rings. The molecule has 0 radical (unpaired) electrons. The van der Waals surface area contributed by atoms with Crippen LogP contribution < -0.4 is 5.32 Å². The van der Waals surface area contributed by atoms with Gasteiger partial charge in [0.1, 0.15) is 6.04 Å². The number of Topliss-reactive ketones (excluding diaryl/α,β-unsaturated/α-hetero) is 1.